The molecule has 0 saturated carbocycles. The third-order valence-corrected chi connectivity index (χ3v) is 2.47. The summed E-state index contributed by atoms with van der Waals surface area (Å²) in [4.78, 5) is 0. The Morgan fingerprint density at radius 3 is 2.83 bits per heavy atom. The van der Waals surface area contributed by atoms with Gasteiger partial charge in [-0.05, 0) is 25.1 Å². The molecule has 2 nitrogen and oxygen atoms in total. The topological polar surface area (TPSA) is 32.3 Å². The molecule has 0 saturated heterocycles. The van der Waals surface area contributed by atoms with Crippen molar-refractivity contribution in [3.8, 4) is 0 Å². The Morgan fingerprint density at radius 2 is 2.17 bits per heavy atom. The van der Waals surface area contributed by atoms with Crippen molar-refractivity contribution in [2.24, 2.45) is 0 Å². The zero-order valence-corrected chi connectivity index (χ0v) is 8.41. The van der Waals surface area contributed by atoms with Crippen molar-refractivity contribution in [3.05, 3.63) is 12.7 Å². The van der Waals surface area contributed by atoms with Gasteiger partial charge in [-0.3, -0.25) is 0 Å². The molecule has 0 radical (unpaired) electrons. The minimum Gasteiger partial charge on any atom is -0.396 e. The summed E-state index contributed by atoms with van der Waals surface area (Å²) in [5, 5.41) is 11.8. The van der Waals surface area contributed by atoms with E-state index in [0.29, 0.717) is 6.61 Å². The number of rotatable bonds is 9. The SMILES string of the molecule is C=CCCNCCSCCCO. The summed E-state index contributed by atoms with van der Waals surface area (Å²) in [5.74, 6) is 2.21. The summed E-state index contributed by atoms with van der Waals surface area (Å²) < 4.78 is 0. The van der Waals surface area contributed by atoms with Gasteiger partial charge in [-0.25, -0.2) is 0 Å². The molecule has 0 fully saturated rings. The van der Waals surface area contributed by atoms with Crippen LogP contribution in [0.1, 0.15) is 12.8 Å². The van der Waals surface area contributed by atoms with Crippen LogP contribution in [0.15, 0.2) is 12.7 Å². The Balaban J connectivity index is 2.77. The van der Waals surface area contributed by atoms with Gasteiger partial charge in [0.05, 0.1) is 0 Å². The highest BCUT2D eigenvalue weighted by Crippen LogP contribution is 1.99. The van der Waals surface area contributed by atoms with E-state index in [1.54, 1.807) is 0 Å². The largest absolute Gasteiger partial charge is 0.396 e. The molecule has 0 aromatic rings. The van der Waals surface area contributed by atoms with Gasteiger partial charge in [0.15, 0.2) is 0 Å². The van der Waals surface area contributed by atoms with Crippen LogP contribution < -0.4 is 5.32 Å². The monoisotopic (exact) mass is 189 g/mol. The van der Waals surface area contributed by atoms with Crippen molar-refractivity contribution in [2.75, 3.05) is 31.2 Å². The van der Waals surface area contributed by atoms with Gasteiger partial charge in [0.25, 0.3) is 0 Å². The Kier molecular flexibility index (Phi) is 11.0. The standard InChI is InChI=1S/C9H19NOS/c1-2-3-5-10-6-9-12-8-4-7-11/h2,10-11H,1,3-9H2. The quantitative estimate of drug-likeness (QED) is 0.423. The van der Waals surface area contributed by atoms with Crippen LogP contribution >= 0.6 is 11.8 Å². The summed E-state index contributed by atoms with van der Waals surface area (Å²) >= 11 is 1.89. The summed E-state index contributed by atoms with van der Waals surface area (Å²) in [5.41, 5.74) is 0. The number of aliphatic hydroxyl groups is 1. The first-order valence-electron chi connectivity index (χ1n) is 4.42. The van der Waals surface area contributed by atoms with Gasteiger partial charge < -0.3 is 10.4 Å². The molecule has 0 heterocycles. The molecule has 0 unspecified atom stereocenters. The summed E-state index contributed by atoms with van der Waals surface area (Å²) in [6.45, 7) is 6.05. The molecule has 2 N–H and O–H groups in total. The van der Waals surface area contributed by atoms with E-state index in [2.05, 4.69) is 11.9 Å². The summed E-state index contributed by atoms with van der Waals surface area (Å²) in [6.07, 6.45) is 3.88. The minimum atomic E-state index is 0.316. The van der Waals surface area contributed by atoms with Gasteiger partial charge in [-0.2, -0.15) is 11.8 Å². The average Bonchev–Trinajstić information content (AvgIpc) is 2.10. The summed E-state index contributed by atoms with van der Waals surface area (Å²) in [7, 11) is 0. The van der Waals surface area contributed by atoms with Crippen LogP contribution in [0.5, 0.6) is 0 Å². The van der Waals surface area contributed by atoms with Crippen molar-refractivity contribution >= 4 is 11.8 Å². The first-order chi connectivity index (χ1) is 5.91. The highest BCUT2D eigenvalue weighted by molar-refractivity contribution is 7.99. The highest BCUT2D eigenvalue weighted by atomic mass is 32.2. The molecule has 72 valence electrons. The van der Waals surface area contributed by atoms with E-state index >= 15 is 0 Å². The molecule has 0 aromatic carbocycles. The Bertz CT molecular complexity index is 98.5. The third kappa shape index (κ3) is 10.0. The zero-order valence-electron chi connectivity index (χ0n) is 7.59. The molecule has 0 atom stereocenters. The second-order valence-corrected chi connectivity index (χ2v) is 3.74. The van der Waals surface area contributed by atoms with Gasteiger partial charge in [0.2, 0.25) is 0 Å². The second kappa shape index (κ2) is 11.0. The second-order valence-electron chi connectivity index (χ2n) is 2.52. The van der Waals surface area contributed by atoms with Gasteiger partial charge in [-0.15, -0.1) is 6.58 Å². The van der Waals surface area contributed by atoms with Crippen molar-refractivity contribution in [1.82, 2.24) is 5.32 Å². The van der Waals surface area contributed by atoms with Gasteiger partial charge in [0, 0.05) is 18.9 Å². The lowest BCUT2D eigenvalue weighted by atomic mass is 10.4. The smallest absolute Gasteiger partial charge is 0.0438 e. The Hall–Kier alpha value is 0.01000. The molecule has 0 rings (SSSR count). The van der Waals surface area contributed by atoms with Gasteiger partial charge in [0.1, 0.15) is 0 Å². The Labute approximate surface area is 79.4 Å². The van der Waals surface area contributed by atoms with E-state index in [-0.39, 0.29) is 0 Å². The van der Waals surface area contributed by atoms with Crippen molar-refractivity contribution in [1.29, 1.82) is 0 Å². The number of hydrogen-bond donors (Lipinski definition) is 2. The maximum atomic E-state index is 8.50. The molecule has 12 heavy (non-hydrogen) atoms. The summed E-state index contributed by atoms with van der Waals surface area (Å²) in [6, 6.07) is 0. The number of thioether (sulfide) groups is 1. The first kappa shape index (κ1) is 12.0. The van der Waals surface area contributed by atoms with Crippen LogP contribution in [-0.2, 0) is 0 Å². The van der Waals surface area contributed by atoms with Crippen LogP contribution in [0, 0.1) is 0 Å². The van der Waals surface area contributed by atoms with Crippen molar-refractivity contribution in [2.45, 2.75) is 12.8 Å². The molecule has 0 bridgehead atoms. The fourth-order valence-corrected chi connectivity index (χ4v) is 1.57. The maximum Gasteiger partial charge on any atom is 0.0438 e. The third-order valence-electron chi connectivity index (χ3n) is 1.40. The fourth-order valence-electron chi connectivity index (χ4n) is 0.742. The molecule has 0 spiro atoms. The van der Waals surface area contributed by atoms with E-state index in [1.165, 1.54) is 0 Å². The normalized spacial score (nSPS) is 10.1. The highest BCUT2D eigenvalue weighted by Gasteiger charge is 1.88. The van der Waals surface area contributed by atoms with Crippen LogP contribution in [0.2, 0.25) is 0 Å². The van der Waals surface area contributed by atoms with Crippen LogP contribution in [0.4, 0.5) is 0 Å². The van der Waals surface area contributed by atoms with E-state index in [1.807, 2.05) is 17.8 Å². The van der Waals surface area contributed by atoms with Crippen molar-refractivity contribution < 1.29 is 5.11 Å². The molecule has 0 aliphatic rings. The van der Waals surface area contributed by atoms with Gasteiger partial charge >= 0.3 is 0 Å². The van der Waals surface area contributed by atoms with E-state index < -0.39 is 0 Å². The van der Waals surface area contributed by atoms with E-state index in [4.69, 9.17) is 5.11 Å². The molecule has 0 amide bonds. The maximum absolute atomic E-state index is 8.50. The number of aliphatic hydroxyl groups excluding tert-OH is 1. The fraction of sp³-hybridized carbons (Fsp3) is 0.778. The minimum absolute atomic E-state index is 0.316. The lowest BCUT2D eigenvalue weighted by Crippen LogP contribution is -2.18. The van der Waals surface area contributed by atoms with Crippen LogP contribution in [0.25, 0.3) is 0 Å². The molecule has 3 heteroatoms. The Morgan fingerprint density at radius 1 is 1.33 bits per heavy atom. The lowest BCUT2D eigenvalue weighted by molar-refractivity contribution is 0.296. The average molecular weight is 189 g/mol. The zero-order chi connectivity index (χ0) is 9.07. The predicted octanol–water partition coefficient (Wildman–Crippen LogP) is 1.27. The number of nitrogens with one attached hydrogen (secondary N) is 1. The molecular formula is C9H19NOS. The van der Waals surface area contributed by atoms with E-state index in [9.17, 15) is 0 Å². The van der Waals surface area contributed by atoms with Crippen LogP contribution in [0.3, 0.4) is 0 Å². The molecule has 0 aliphatic carbocycles. The van der Waals surface area contributed by atoms with Crippen molar-refractivity contribution in [3.63, 3.8) is 0 Å². The molecule has 0 aliphatic heterocycles. The number of hydrogen-bond acceptors (Lipinski definition) is 3. The molecular weight excluding hydrogens is 170 g/mol. The first-order valence-corrected chi connectivity index (χ1v) is 5.57. The predicted molar refractivity (Wildman–Crippen MR) is 56.7 cm³/mol. The lowest BCUT2D eigenvalue weighted by Gasteiger charge is -2.01. The molecule has 0 aromatic heterocycles. The van der Waals surface area contributed by atoms with E-state index in [0.717, 1.165) is 37.4 Å². The van der Waals surface area contributed by atoms with Crippen LogP contribution in [-0.4, -0.2) is 36.3 Å². The van der Waals surface area contributed by atoms with Gasteiger partial charge in [-0.1, -0.05) is 6.08 Å².